The van der Waals surface area contributed by atoms with E-state index in [9.17, 15) is 22.0 Å². The molecule has 1 radical (unpaired) electrons. The van der Waals surface area contributed by atoms with Gasteiger partial charge in [0.2, 0.25) is 5.75 Å². The van der Waals surface area contributed by atoms with Crippen LogP contribution < -0.4 is 4.74 Å². The van der Waals surface area contributed by atoms with Gasteiger partial charge in [0.15, 0.2) is 17.9 Å². The van der Waals surface area contributed by atoms with Crippen molar-refractivity contribution in [1.29, 1.82) is 0 Å². The van der Waals surface area contributed by atoms with Crippen molar-refractivity contribution in [3.63, 3.8) is 0 Å². The summed E-state index contributed by atoms with van der Waals surface area (Å²) >= 11 is 0. The van der Waals surface area contributed by atoms with Gasteiger partial charge in [-0.05, 0) is 55.2 Å². The van der Waals surface area contributed by atoms with E-state index in [0.29, 0.717) is 30.2 Å². The number of ether oxygens (including phenoxy) is 3. The predicted octanol–water partition coefficient (Wildman–Crippen LogP) is 8.22. The highest BCUT2D eigenvalue weighted by molar-refractivity contribution is 6.58. The fourth-order valence-electron chi connectivity index (χ4n) is 6.23. The van der Waals surface area contributed by atoms with Gasteiger partial charge in [0.25, 0.3) is 0 Å². The number of rotatable bonds is 8. The summed E-state index contributed by atoms with van der Waals surface area (Å²) in [7, 11) is -0.147. The summed E-state index contributed by atoms with van der Waals surface area (Å²) < 4.78 is 81.3. The standard InChI is InChI=1S/C27H38F5O3Si/c1-2-3-4-11-36-12-9-19(10-13-36)22-16-33-26(34-17-22)20-7-5-18(6-8-20)21-14-23(28)25(24(29)15-21)35-27(30,31)32/h14-15,18-20,22,26H,2-13,16-17H2,1H3. The average Bonchev–Trinajstić information content (AvgIpc) is 2.86. The fourth-order valence-corrected chi connectivity index (χ4v) is 9.28. The van der Waals surface area contributed by atoms with Gasteiger partial charge in [0.05, 0.1) is 13.2 Å². The molecule has 2 saturated heterocycles. The maximum atomic E-state index is 14.1. The molecule has 9 heteroatoms. The number of hydrogen-bond donors (Lipinski definition) is 0. The fraction of sp³-hybridized carbons (Fsp3) is 0.778. The number of halogens is 5. The zero-order valence-corrected chi connectivity index (χ0v) is 22.1. The van der Waals surface area contributed by atoms with E-state index in [-0.39, 0.29) is 26.9 Å². The normalized spacial score (nSPS) is 28.8. The van der Waals surface area contributed by atoms with Gasteiger partial charge >= 0.3 is 6.36 Å². The minimum absolute atomic E-state index is 0.114. The second-order valence-corrected chi connectivity index (χ2v) is 13.8. The van der Waals surface area contributed by atoms with E-state index in [2.05, 4.69) is 11.7 Å². The van der Waals surface area contributed by atoms with Gasteiger partial charge in [-0.1, -0.05) is 57.2 Å². The molecule has 3 aliphatic rings. The second-order valence-electron chi connectivity index (χ2n) is 10.8. The number of alkyl halides is 3. The lowest BCUT2D eigenvalue weighted by Crippen LogP contribution is -2.41. The number of benzene rings is 1. The van der Waals surface area contributed by atoms with Crippen molar-refractivity contribution < 1.29 is 36.2 Å². The molecule has 36 heavy (non-hydrogen) atoms. The van der Waals surface area contributed by atoms with Crippen molar-refractivity contribution in [2.24, 2.45) is 17.8 Å². The highest BCUT2D eigenvalue weighted by Gasteiger charge is 2.37. The molecule has 1 saturated carbocycles. The molecule has 3 nitrogen and oxygen atoms in total. The summed E-state index contributed by atoms with van der Waals surface area (Å²) in [4.78, 5) is 0. The Morgan fingerprint density at radius 2 is 1.47 bits per heavy atom. The second kappa shape index (κ2) is 12.6. The smallest absolute Gasteiger partial charge is 0.399 e. The van der Waals surface area contributed by atoms with Crippen LogP contribution in [0.2, 0.25) is 18.1 Å². The van der Waals surface area contributed by atoms with Crippen molar-refractivity contribution in [3.8, 4) is 5.75 Å². The molecular formula is C27H38F5O3Si. The largest absolute Gasteiger partial charge is 0.573 e. The van der Waals surface area contributed by atoms with Crippen LogP contribution in [0.25, 0.3) is 0 Å². The van der Waals surface area contributed by atoms with Crippen LogP contribution >= 0.6 is 0 Å². The molecule has 3 fully saturated rings. The van der Waals surface area contributed by atoms with Gasteiger partial charge in [-0.2, -0.15) is 0 Å². The Balaban J connectivity index is 1.20. The van der Waals surface area contributed by atoms with Crippen molar-refractivity contribution in [3.05, 3.63) is 29.3 Å². The monoisotopic (exact) mass is 533 g/mol. The SMILES string of the molecule is CCCCC[Si]1CCC(C2COC(C3CCC(c4cc(F)c(OC(F)(F)F)c(F)c4)CC3)OC2)CC1. The van der Waals surface area contributed by atoms with Crippen LogP contribution in [-0.4, -0.2) is 34.7 Å². The zero-order chi connectivity index (χ0) is 25.7. The van der Waals surface area contributed by atoms with Crippen LogP contribution in [0.15, 0.2) is 12.1 Å². The molecule has 0 bridgehead atoms. The minimum Gasteiger partial charge on any atom is -0.399 e. The summed E-state index contributed by atoms with van der Waals surface area (Å²) in [6, 6.07) is 6.25. The Labute approximate surface area is 212 Å². The molecule has 0 amide bonds. The first-order valence-corrected chi connectivity index (χ1v) is 15.7. The zero-order valence-electron chi connectivity index (χ0n) is 21.1. The van der Waals surface area contributed by atoms with Crippen LogP contribution in [-0.2, 0) is 9.47 Å². The molecule has 203 valence electrons. The first kappa shape index (κ1) is 27.8. The van der Waals surface area contributed by atoms with Crippen molar-refractivity contribution in [1.82, 2.24) is 0 Å². The topological polar surface area (TPSA) is 27.7 Å². The van der Waals surface area contributed by atoms with Gasteiger partial charge in [-0.15, -0.1) is 13.2 Å². The minimum atomic E-state index is -5.14. The lowest BCUT2D eigenvalue weighted by molar-refractivity contribution is -0.276. The third kappa shape index (κ3) is 7.44. The third-order valence-electron chi connectivity index (χ3n) is 8.35. The summed E-state index contributed by atoms with van der Waals surface area (Å²) in [5, 5.41) is 0. The molecule has 0 spiro atoms. The molecular weight excluding hydrogens is 495 g/mol. The lowest BCUT2D eigenvalue weighted by atomic mass is 9.78. The molecule has 4 rings (SSSR count). The maximum absolute atomic E-state index is 14.1. The number of hydrogen-bond acceptors (Lipinski definition) is 3. The quantitative estimate of drug-likeness (QED) is 0.191. The molecule has 0 N–H and O–H groups in total. The maximum Gasteiger partial charge on any atom is 0.573 e. The Bertz CT molecular complexity index is 804. The Kier molecular flexibility index (Phi) is 9.72. The van der Waals surface area contributed by atoms with E-state index in [4.69, 9.17) is 9.47 Å². The molecule has 0 unspecified atom stereocenters. The van der Waals surface area contributed by atoms with E-state index in [1.165, 1.54) is 50.2 Å². The van der Waals surface area contributed by atoms with Crippen molar-refractivity contribution >= 4 is 8.80 Å². The Hall–Kier alpha value is -1.19. The molecule has 1 aromatic carbocycles. The summed E-state index contributed by atoms with van der Waals surface area (Å²) in [6.07, 6.45) is 4.24. The van der Waals surface area contributed by atoms with E-state index in [1.54, 1.807) is 0 Å². The van der Waals surface area contributed by atoms with E-state index in [0.717, 1.165) is 38.2 Å². The molecule has 0 aromatic heterocycles. The molecule has 1 aliphatic carbocycles. The van der Waals surface area contributed by atoms with Crippen molar-refractivity contribution in [2.75, 3.05) is 13.2 Å². The van der Waals surface area contributed by atoms with Crippen LogP contribution in [0, 0.1) is 29.4 Å². The summed E-state index contributed by atoms with van der Waals surface area (Å²) in [5.74, 6) is -2.76. The molecule has 1 aromatic rings. The molecule has 0 atom stereocenters. The van der Waals surface area contributed by atoms with Gasteiger partial charge in [-0.25, -0.2) is 8.78 Å². The average molecular weight is 534 g/mol. The third-order valence-corrected chi connectivity index (χ3v) is 11.4. The Morgan fingerprint density at radius 3 is 2.03 bits per heavy atom. The van der Waals surface area contributed by atoms with E-state index < -0.39 is 23.7 Å². The lowest BCUT2D eigenvalue weighted by Gasteiger charge is -2.41. The Morgan fingerprint density at radius 1 is 0.861 bits per heavy atom. The van der Waals surface area contributed by atoms with Crippen LogP contribution in [0.1, 0.15) is 76.2 Å². The van der Waals surface area contributed by atoms with E-state index in [1.807, 2.05) is 0 Å². The van der Waals surface area contributed by atoms with Gasteiger partial charge in [-0.3, -0.25) is 0 Å². The summed E-state index contributed by atoms with van der Waals surface area (Å²) in [5.41, 5.74) is 0.372. The predicted molar refractivity (Wildman–Crippen MR) is 129 cm³/mol. The van der Waals surface area contributed by atoms with E-state index >= 15 is 0 Å². The number of unbranched alkanes of at least 4 members (excludes halogenated alkanes) is 2. The summed E-state index contributed by atoms with van der Waals surface area (Å²) in [6.45, 7) is 3.74. The van der Waals surface area contributed by atoms with Crippen LogP contribution in [0.3, 0.4) is 0 Å². The first-order valence-electron chi connectivity index (χ1n) is 13.5. The van der Waals surface area contributed by atoms with Crippen LogP contribution in [0.5, 0.6) is 5.75 Å². The van der Waals surface area contributed by atoms with Gasteiger partial charge < -0.3 is 14.2 Å². The highest BCUT2D eigenvalue weighted by Crippen LogP contribution is 2.42. The van der Waals surface area contributed by atoms with Gasteiger partial charge in [0, 0.05) is 20.6 Å². The van der Waals surface area contributed by atoms with Crippen LogP contribution in [0.4, 0.5) is 22.0 Å². The first-order chi connectivity index (χ1) is 17.2. The van der Waals surface area contributed by atoms with Crippen molar-refractivity contribution in [2.45, 2.75) is 101 Å². The molecule has 2 aliphatic heterocycles. The molecule has 2 heterocycles. The highest BCUT2D eigenvalue weighted by atomic mass is 28.3. The van der Waals surface area contributed by atoms with Gasteiger partial charge in [0.1, 0.15) is 0 Å².